The second-order valence-electron chi connectivity index (χ2n) is 6.17. The van der Waals surface area contributed by atoms with Crippen molar-refractivity contribution in [1.82, 2.24) is 4.98 Å². The highest BCUT2D eigenvalue weighted by Gasteiger charge is 2.32. The molecule has 1 N–H and O–H groups in total. The summed E-state index contributed by atoms with van der Waals surface area (Å²) in [6.07, 6.45) is 0.961. The number of nitrogens with zero attached hydrogens (tertiary/aromatic N) is 1. The first-order valence-electron chi connectivity index (χ1n) is 6.61. The molecule has 0 aromatic carbocycles. The van der Waals surface area contributed by atoms with Crippen LogP contribution in [0, 0.1) is 0 Å². The van der Waals surface area contributed by atoms with Crippen LogP contribution in [0.1, 0.15) is 40.3 Å². The Morgan fingerprint density at radius 1 is 1.19 bits per heavy atom. The van der Waals surface area contributed by atoms with Gasteiger partial charge in [0.1, 0.15) is 11.0 Å². The average molecular weight is 294 g/mol. The number of anilines is 1. The van der Waals surface area contributed by atoms with Gasteiger partial charge < -0.3 is 9.47 Å². The molecule has 0 aliphatic heterocycles. The Bertz CT molecular complexity index is 533. The quantitative estimate of drug-likeness (QED) is 0.867. The van der Waals surface area contributed by atoms with Crippen LogP contribution in [0.4, 0.5) is 10.5 Å². The van der Waals surface area contributed by atoms with Crippen LogP contribution in [-0.4, -0.2) is 29.8 Å². The summed E-state index contributed by atoms with van der Waals surface area (Å²) >= 11 is 0. The van der Waals surface area contributed by atoms with Crippen molar-refractivity contribution in [2.24, 2.45) is 0 Å². The van der Waals surface area contributed by atoms with Gasteiger partial charge in [-0.25, -0.2) is 4.79 Å². The highest BCUT2D eigenvalue weighted by atomic mass is 16.6. The van der Waals surface area contributed by atoms with E-state index in [9.17, 15) is 9.59 Å². The van der Waals surface area contributed by atoms with Crippen molar-refractivity contribution in [1.29, 1.82) is 0 Å². The number of amides is 1. The molecule has 6 heteroatoms. The molecule has 1 rings (SSSR count). The average Bonchev–Trinajstić information content (AvgIpc) is 2.35. The minimum absolute atomic E-state index is 0.399. The summed E-state index contributed by atoms with van der Waals surface area (Å²) < 4.78 is 9.94. The van der Waals surface area contributed by atoms with Crippen LogP contribution < -0.4 is 5.32 Å². The molecule has 0 bridgehead atoms. The maximum absolute atomic E-state index is 11.8. The SMILES string of the molecule is COC(=O)C(C)(C)c1cc(NC(=O)OC(C)(C)C)ccn1. The number of carbonyl (C=O) groups is 2. The molecule has 0 saturated heterocycles. The van der Waals surface area contributed by atoms with Crippen molar-refractivity contribution in [2.45, 2.75) is 45.6 Å². The fourth-order valence-electron chi connectivity index (χ4n) is 1.63. The molecular weight excluding hydrogens is 272 g/mol. The molecule has 0 aliphatic carbocycles. The number of aromatic nitrogens is 1. The Labute approximate surface area is 124 Å². The molecule has 1 heterocycles. The van der Waals surface area contributed by atoms with Gasteiger partial charge in [0.2, 0.25) is 0 Å². The topological polar surface area (TPSA) is 77.5 Å². The minimum atomic E-state index is -0.902. The molecular formula is C15H22N2O4. The molecule has 1 aromatic rings. The van der Waals surface area contributed by atoms with Crippen molar-refractivity contribution in [2.75, 3.05) is 12.4 Å². The Hall–Kier alpha value is -2.11. The number of carbonyl (C=O) groups excluding carboxylic acids is 2. The zero-order chi connectivity index (χ0) is 16.3. The normalized spacial score (nSPS) is 11.7. The lowest BCUT2D eigenvalue weighted by Crippen LogP contribution is -2.31. The second kappa shape index (κ2) is 6.11. The molecule has 6 nitrogen and oxygen atoms in total. The number of pyridine rings is 1. The molecule has 0 atom stereocenters. The van der Waals surface area contributed by atoms with Gasteiger partial charge in [-0.05, 0) is 46.8 Å². The molecule has 116 valence electrons. The first-order valence-corrected chi connectivity index (χ1v) is 6.61. The molecule has 0 unspecified atom stereocenters. The van der Waals surface area contributed by atoms with E-state index in [2.05, 4.69) is 10.3 Å². The van der Waals surface area contributed by atoms with E-state index in [1.165, 1.54) is 13.3 Å². The van der Waals surface area contributed by atoms with Gasteiger partial charge in [-0.15, -0.1) is 0 Å². The molecule has 21 heavy (non-hydrogen) atoms. The third-order valence-corrected chi connectivity index (χ3v) is 2.74. The van der Waals surface area contributed by atoms with Gasteiger partial charge in [0.15, 0.2) is 0 Å². The van der Waals surface area contributed by atoms with Gasteiger partial charge in [0, 0.05) is 11.9 Å². The van der Waals surface area contributed by atoms with Gasteiger partial charge in [-0.1, -0.05) is 0 Å². The van der Waals surface area contributed by atoms with Gasteiger partial charge >= 0.3 is 12.1 Å². The highest BCUT2D eigenvalue weighted by Crippen LogP contribution is 2.25. The van der Waals surface area contributed by atoms with Gasteiger partial charge in [-0.2, -0.15) is 0 Å². The molecule has 0 saturated carbocycles. The maximum Gasteiger partial charge on any atom is 0.412 e. The second-order valence-corrected chi connectivity index (χ2v) is 6.17. The fraction of sp³-hybridized carbons (Fsp3) is 0.533. The Kier molecular flexibility index (Phi) is 4.93. The van der Waals surface area contributed by atoms with E-state index < -0.39 is 23.1 Å². The summed E-state index contributed by atoms with van der Waals surface area (Å²) in [5.74, 6) is -0.399. The standard InChI is InChI=1S/C15H22N2O4/c1-14(2,3)21-13(19)17-10-7-8-16-11(9-10)15(4,5)12(18)20-6/h7-9H,1-6H3,(H,16,17,19). The predicted molar refractivity (Wildman–Crippen MR) is 79.1 cm³/mol. The van der Waals surface area contributed by atoms with Crippen molar-refractivity contribution in [3.63, 3.8) is 0 Å². The number of nitrogens with one attached hydrogen (secondary N) is 1. The van der Waals surface area contributed by atoms with Gasteiger partial charge in [0.25, 0.3) is 0 Å². The zero-order valence-corrected chi connectivity index (χ0v) is 13.3. The van der Waals surface area contributed by atoms with Crippen LogP contribution in [-0.2, 0) is 19.7 Å². The van der Waals surface area contributed by atoms with E-state index in [0.29, 0.717) is 11.4 Å². The Morgan fingerprint density at radius 3 is 2.33 bits per heavy atom. The summed E-state index contributed by atoms with van der Waals surface area (Å²) in [6.45, 7) is 8.76. The van der Waals surface area contributed by atoms with Crippen LogP contribution in [0.3, 0.4) is 0 Å². The van der Waals surface area contributed by atoms with E-state index >= 15 is 0 Å². The number of hydrogen-bond acceptors (Lipinski definition) is 5. The molecule has 0 fully saturated rings. The van der Waals surface area contributed by atoms with Gasteiger partial charge in [0.05, 0.1) is 12.8 Å². The summed E-state index contributed by atoms with van der Waals surface area (Å²) in [4.78, 5) is 27.7. The summed E-state index contributed by atoms with van der Waals surface area (Å²) in [6, 6.07) is 3.25. The van der Waals surface area contributed by atoms with Crippen LogP contribution in [0.15, 0.2) is 18.3 Å². The predicted octanol–water partition coefficient (Wildman–Crippen LogP) is 2.88. The molecule has 0 spiro atoms. The smallest absolute Gasteiger partial charge is 0.412 e. The van der Waals surface area contributed by atoms with Crippen LogP contribution >= 0.6 is 0 Å². The van der Waals surface area contributed by atoms with E-state index in [4.69, 9.17) is 9.47 Å². The number of methoxy groups -OCH3 is 1. The summed E-state index contributed by atoms with van der Waals surface area (Å²) in [7, 11) is 1.33. The number of hydrogen-bond donors (Lipinski definition) is 1. The summed E-state index contributed by atoms with van der Waals surface area (Å²) in [5, 5.41) is 2.61. The largest absolute Gasteiger partial charge is 0.468 e. The van der Waals surface area contributed by atoms with Crippen molar-refractivity contribution < 1.29 is 19.1 Å². The zero-order valence-electron chi connectivity index (χ0n) is 13.3. The monoisotopic (exact) mass is 294 g/mol. The molecule has 0 radical (unpaired) electrons. The van der Waals surface area contributed by atoms with Gasteiger partial charge in [-0.3, -0.25) is 15.1 Å². The maximum atomic E-state index is 11.8. The van der Waals surface area contributed by atoms with Crippen molar-refractivity contribution >= 4 is 17.7 Å². The third-order valence-electron chi connectivity index (χ3n) is 2.74. The number of rotatable bonds is 3. The van der Waals surface area contributed by atoms with Crippen molar-refractivity contribution in [3.8, 4) is 0 Å². The molecule has 0 aliphatic rings. The van der Waals surface area contributed by atoms with E-state index in [1.807, 2.05) is 0 Å². The van der Waals surface area contributed by atoms with Crippen LogP contribution in [0.25, 0.3) is 0 Å². The number of ether oxygens (including phenoxy) is 2. The van der Waals surface area contributed by atoms with Crippen LogP contribution in [0.2, 0.25) is 0 Å². The minimum Gasteiger partial charge on any atom is -0.468 e. The Morgan fingerprint density at radius 2 is 1.81 bits per heavy atom. The van der Waals surface area contributed by atoms with Crippen molar-refractivity contribution in [3.05, 3.63) is 24.0 Å². The Balaban J connectivity index is 2.91. The van der Waals surface area contributed by atoms with E-state index in [-0.39, 0.29) is 0 Å². The highest BCUT2D eigenvalue weighted by molar-refractivity contribution is 5.86. The lowest BCUT2D eigenvalue weighted by Gasteiger charge is -2.22. The third kappa shape index (κ3) is 4.73. The van der Waals surface area contributed by atoms with E-state index in [1.54, 1.807) is 46.8 Å². The fourth-order valence-corrected chi connectivity index (χ4v) is 1.63. The van der Waals surface area contributed by atoms with Crippen LogP contribution in [0.5, 0.6) is 0 Å². The summed E-state index contributed by atoms with van der Waals surface area (Å²) in [5.41, 5.74) is -0.472. The lowest BCUT2D eigenvalue weighted by molar-refractivity contribution is -0.146. The van der Waals surface area contributed by atoms with E-state index in [0.717, 1.165) is 0 Å². The molecule has 1 amide bonds. The first-order chi connectivity index (χ1) is 9.56. The first kappa shape index (κ1) is 16.9. The molecule has 1 aromatic heterocycles. The number of esters is 1. The lowest BCUT2D eigenvalue weighted by atomic mass is 9.89.